The van der Waals surface area contributed by atoms with Gasteiger partial charge >= 0.3 is 6.36 Å². The topological polar surface area (TPSA) is 47.8 Å². The fourth-order valence-electron chi connectivity index (χ4n) is 6.20. The van der Waals surface area contributed by atoms with Crippen LogP contribution in [-0.4, -0.2) is 41.5 Å². The molecule has 3 aromatic rings. The summed E-state index contributed by atoms with van der Waals surface area (Å²) in [6.07, 6.45) is 5.97. The number of piperidine rings is 1. The maximum absolute atomic E-state index is 13.0. The minimum absolute atomic E-state index is 0.143. The molecule has 1 saturated heterocycles. The van der Waals surface area contributed by atoms with E-state index in [1.54, 1.807) is 6.07 Å². The average molecular weight is 525 g/mol. The lowest BCUT2D eigenvalue weighted by atomic mass is 9.87. The number of hydrogen-bond acceptors (Lipinski definition) is 3. The van der Waals surface area contributed by atoms with Gasteiger partial charge in [-0.3, -0.25) is 0 Å². The first kappa shape index (κ1) is 26.6. The molecule has 2 heterocycles. The predicted molar refractivity (Wildman–Crippen MR) is 144 cm³/mol. The van der Waals surface area contributed by atoms with Gasteiger partial charge in [-0.05, 0) is 92.5 Å². The zero-order chi connectivity index (χ0) is 26.7. The molecule has 202 valence electrons. The van der Waals surface area contributed by atoms with E-state index in [1.165, 1.54) is 31.4 Å². The number of likely N-dealkylation sites (tertiary alicyclic amines) is 1. The van der Waals surface area contributed by atoms with E-state index in [1.807, 2.05) is 24.3 Å². The van der Waals surface area contributed by atoms with Crippen LogP contribution in [-0.2, 0) is 0 Å². The Labute approximate surface area is 222 Å². The highest BCUT2D eigenvalue weighted by atomic mass is 19.4. The summed E-state index contributed by atoms with van der Waals surface area (Å²) in [7, 11) is 0. The molecule has 2 aromatic carbocycles. The molecule has 0 amide bonds. The zero-order valence-corrected chi connectivity index (χ0v) is 21.6. The molecule has 1 saturated carbocycles. The molecule has 1 aliphatic carbocycles. The van der Waals surface area contributed by atoms with E-state index in [0.717, 1.165) is 73.8 Å². The molecular formula is C30H35F3N4O. The molecule has 0 spiro atoms. The number of alkyl halides is 3. The molecule has 0 bridgehead atoms. The van der Waals surface area contributed by atoms with Crippen LogP contribution in [0, 0.1) is 6.57 Å². The smallest absolute Gasteiger partial charge is 0.406 e. The van der Waals surface area contributed by atoms with Crippen LogP contribution < -0.4 is 10.5 Å². The van der Waals surface area contributed by atoms with Crippen molar-refractivity contribution < 1.29 is 17.9 Å². The van der Waals surface area contributed by atoms with Gasteiger partial charge in [0.1, 0.15) is 5.75 Å². The molecule has 1 atom stereocenters. The highest BCUT2D eigenvalue weighted by Gasteiger charge is 2.32. The van der Waals surface area contributed by atoms with E-state index in [4.69, 9.17) is 12.3 Å². The van der Waals surface area contributed by atoms with Crippen molar-refractivity contribution in [2.24, 2.45) is 5.73 Å². The summed E-state index contributed by atoms with van der Waals surface area (Å²) in [5.41, 5.74) is 9.62. The molecule has 38 heavy (non-hydrogen) atoms. The first-order valence-electron chi connectivity index (χ1n) is 13.7. The number of halogens is 3. The van der Waals surface area contributed by atoms with E-state index in [-0.39, 0.29) is 17.7 Å². The Morgan fingerprint density at radius 2 is 1.79 bits per heavy atom. The summed E-state index contributed by atoms with van der Waals surface area (Å²) in [5, 5.41) is 1.01. The maximum atomic E-state index is 13.0. The molecule has 2 aliphatic rings. The third-order valence-corrected chi connectivity index (χ3v) is 8.18. The number of fused-ring (bicyclic) bond motifs is 1. The quantitative estimate of drug-likeness (QED) is 0.325. The molecule has 2 fully saturated rings. The molecule has 1 aliphatic heterocycles. The van der Waals surface area contributed by atoms with Gasteiger partial charge in [0.15, 0.2) is 5.69 Å². The van der Waals surface area contributed by atoms with Crippen LogP contribution >= 0.6 is 0 Å². The number of rotatable bonds is 7. The Bertz CT molecular complexity index is 1280. The van der Waals surface area contributed by atoms with Gasteiger partial charge in [-0.1, -0.05) is 37.5 Å². The maximum Gasteiger partial charge on any atom is 0.573 e. The van der Waals surface area contributed by atoms with Crippen molar-refractivity contribution in [1.29, 1.82) is 0 Å². The van der Waals surface area contributed by atoms with Crippen LogP contribution in [0.1, 0.15) is 74.5 Å². The van der Waals surface area contributed by atoms with E-state index < -0.39 is 6.36 Å². The van der Waals surface area contributed by atoms with E-state index in [2.05, 4.69) is 25.2 Å². The summed E-state index contributed by atoms with van der Waals surface area (Å²) >= 11 is 0. The number of aromatic nitrogens is 1. The molecule has 8 heteroatoms. The van der Waals surface area contributed by atoms with Crippen molar-refractivity contribution in [1.82, 2.24) is 9.47 Å². The van der Waals surface area contributed by atoms with E-state index in [0.29, 0.717) is 11.7 Å². The summed E-state index contributed by atoms with van der Waals surface area (Å²) in [4.78, 5) is 6.07. The van der Waals surface area contributed by atoms with E-state index >= 15 is 0 Å². The molecule has 1 unspecified atom stereocenters. The first-order valence-corrected chi connectivity index (χ1v) is 13.7. The Kier molecular flexibility index (Phi) is 7.96. The zero-order valence-electron chi connectivity index (χ0n) is 21.6. The van der Waals surface area contributed by atoms with Crippen molar-refractivity contribution in [2.75, 3.05) is 19.6 Å². The van der Waals surface area contributed by atoms with Gasteiger partial charge in [0, 0.05) is 29.7 Å². The van der Waals surface area contributed by atoms with Crippen LogP contribution in [0.5, 0.6) is 5.75 Å². The predicted octanol–water partition coefficient (Wildman–Crippen LogP) is 7.54. The number of nitrogens with zero attached hydrogens (tertiary/aromatic N) is 3. The molecule has 1 aromatic heterocycles. The van der Waals surface area contributed by atoms with Gasteiger partial charge in [0.25, 0.3) is 0 Å². The highest BCUT2D eigenvalue weighted by Crippen LogP contribution is 2.41. The fraction of sp³-hybridized carbons (Fsp3) is 0.500. The van der Waals surface area contributed by atoms with Crippen molar-refractivity contribution >= 4 is 16.6 Å². The monoisotopic (exact) mass is 524 g/mol. The molecular weight excluding hydrogens is 489 g/mol. The lowest BCUT2D eigenvalue weighted by Crippen LogP contribution is -2.40. The standard InChI is InChI=1S/C30H35F3N4O/c1-35-23-10-11-29-27(19-23)28(20-37(29)24-7-3-2-4-8-24)26(14-17-36-15-12-22(34)13-16-36)21-6-5-9-25(18-21)38-30(31,32)33/h5-6,9-11,18-20,22,24,26H,2-4,7-8,12-17,34H2. The largest absolute Gasteiger partial charge is 0.573 e. The van der Waals surface area contributed by atoms with Gasteiger partial charge in [-0.15, -0.1) is 13.2 Å². The van der Waals surface area contributed by atoms with Crippen molar-refractivity contribution in [2.45, 2.75) is 75.7 Å². The lowest BCUT2D eigenvalue weighted by Gasteiger charge is -2.31. The number of ether oxygens (including phenoxy) is 1. The second-order valence-electron chi connectivity index (χ2n) is 10.7. The van der Waals surface area contributed by atoms with Crippen molar-refractivity contribution in [3.8, 4) is 5.75 Å². The minimum Gasteiger partial charge on any atom is -0.406 e. The van der Waals surface area contributed by atoms with Crippen LogP contribution in [0.25, 0.3) is 15.7 Å². The van der Waals surface area contributed by atoms with Crippen molar-refractivity contribution in [3.63, 3.8) is 0 Å². The summed E-state index contributed by atoms with van der Waals surface area (Å²) < 4.78 is 45.8. The normalized spacial score (nSPS) is 18.9. The summed E-state index contributed by atoms with van der Waals surface area (Å²) in [6.45, 7) is 10.3. The Morgan fingerprint density at radius 1 is 1.03 bits per heavy atom. The molecule has 0 radical (unpaired) electrons. The Balaban J connectivity index is 1.56. The van der Waals surface area contributed by atoms with Gasteiger partial charge in [0.2, 0.25) is 0 Å². The average Bonchev–Trinajstić information content (AvgIpc) is 3.28. The third-order valence-electron chi connectivity index (χ3n) is 8.18. The third kappa shape index (κ3) is 6.16. The van der Waals surface area contributed by atoms with Gasteiger partial charge < -0.3 is 19.9 Å². The number of nitrogens with two attached hydrogens (primary N) is 1. The van der Waals surface area contributed by atoms with Gasteiger partial charge in [-0.25, -0.2) is 4.85 Å². The Hall–Kier alpha value is -3.02. The van der Waals surface area contributed by atoms with Crippen LogP contribution in [0.3, 0.4) is 0 Å². The second-order valence-corrected chi connectivity index (χ2v) is 10.7. The first-order chi connectivity index (χ1) is 18.3. The van der Waals surface area contributed by atoms with Crippen LogP contribution in [0.4, 0.5) is 18.9 Å². The molecule has 5 nitrogen and oxygen atoms in total. The highest BCUT2D eigenvalue weighted by molar-refractivity contribution is 5.88. The minimum atomic E-state index is -4.75. The SMILES string of the molecule is [C-]#[N+]c1ccc2c(c1)c(C(CCN1CCC(N)CC1)c1cccc(OC(F)(F)F)c1)cn2C1CCCCC1. The molecule has 2 N–H and O–H groups in total. The molecule has 5 rings (SSSR count). The van der Waals surface area contributed by atoms with Crippen LogP contribution in [0.2, 0.25) is 0 Å². The van der Waals surface area contributed by atoms with Gasteiger partial charge in [0.05, 0.1) is 6.57 Å². The summed E-state index contributed by atoms with van der Waals surface area (Å²) in [5.74, 6) is -0.350. The summed E-state index contributed by atoms with van der Waals surface area (Å²) in [6, 6.07) is 12.9. The fourth-order valence-corrected chi connectivity index (χ4v) is 6.20. The van der Waals surface area contributed by atoms with Crippen molar-refractivity contribution in [3.05, 3.63) is 71.2 Å². The second kappa shape index (κ2) is 11.4. The lowest BCUT2D eigenvalue weighted by molar-refractivity contribution is -0.274. The van der Waals surface area contributed by atoms with E-state index in [9.17, 15) is 13.2 Å². The number of benzene rings is 2. The van der Waals surface area contributed by atoms with Gasteiger partial charge in [-0.2, -0.15) is 0 Å². The Morgan fingerprint density at radius 3 is 2.50 bits per heavy atom. The number of hydrogen-bond donors (Lipinski definition) is 1. The van der Waals surface area contributed by atoms with Crippen LogP contribution in [0.15, 0.2) is 48.7 Å².